The Balaban J connectivity index is 1.53. The zero-order valence-electron chi connectivity index (χ0n) is 20.9. The standard InChI is InChI=1S/C27H26ClF4N5OS/c1-2-37-14-20(24(35-37)27(30,31)32)18-9-15(13-36-7-8-39-26(36)33)10-19(11-18)25(38)34-23(16-3-4-16)17-5-6-21(28)22(29)12-17/h5-12,14,16,23,26H,2-4,13,33H2,1H3,(H,34,38)/t23-,26?/m0/s1. The average Bonchev–Trinajstić information content (AvgIpc) is 3.50. The maximum atomic E-state index is 14.2. The summed E-state index contributed by atoms with van der Waals surface area (Å²) in [6.45, 7) is 2.24. The van der Waals surface area contributed by atoms with Crippen LogP contribution in [-0.2, 0) is 19.3 Å². The highest BCUT2D eigenvalue weighted by Crippen LogP contribution is 2.42. The predicted octanol–water partition coefficient (Wildman–Crippen LogP) is 6.52. The number of carbonyl (C=O) groups excluding carboxylic acids is 1. The lowest BCUT2D eigenvalue weighted by atomic mass is 9.97. The van der Waals surface area contributed by atoms with Crippen molar-refractivity contribution in [1.29, 1.82) is 0 Å². The molecule has 3 aromatic rings. The molecule has 206 valence electrons. The number of halogens is 5. The smallest absolute Gasteiger partial charge is 0.349 e. The van der Waals surface area contributed by atoms with Gasteiger partial charge in [-0.15, -0.1) is 0 Å². The zero-order valence-corrected chi connectivity index (χ0v) is 22.5. The minimum Gasteiger partial charge on any atom is -0.349 e. The van der Waals surface area contributed by atoms with Crippen LogP contribution in [0.4, 0.5) is 17.6 Å². The Labute approximate surface area is 232 Å². The van der Waals surface area contributed by atoms with Crippen LogP contribution in [0.3, 0.4) is 0 Å². The van der Waals surface area contributed by atoms with Crippen LogP contribution in [0, 0.1) is 11.7 Å². The van der Waals surface area contributed by atoms with Crippen molar-refractivity contribution in [3.05, 3.63) is 87.4 Å². The third-order valence-corrected chi connectivity index (χ3v) is 7.90. The van der Waals surface area contributed by atoms with Gasteiger partial charge in [-0.25, -0.2) is 4.39 Å². The second kappa shape index (κ2) is 10.9. The maximum Gasteiger partial charge on any atom is 0.435 e. The van der Waals surface area contributed by atoms with Crippen molar-refractivity contribution < 1.29 is 22.4 Å². The lowest BCUT2D eigenvalue weighted by Gasteiger charge is -2.23. The van der Waals surface area contributed by atoms with Crippen LogP contribution < -0.4 is 11.1 Å². The number of nitrogens with zero attached hydrogens (tertiary/aromatic N) is 3. The van der Waals surface area contributed by atoms with E-state index in [1.165, 1.54) is 40.8 Å². The van der Waals surface area contributed by atoms with Crippen LogP contribution in [0.25, 0.3) is 11.1 Å². The van der Waals surface area contributed by atoms with Gasteiger partial charge in [0.25, 0.3) is 5.91 Å². The number of hydrogen-bond acceptors (Lipinski definition) is 5. The molecule has 0 spiro atoms. The Morgan fingerprint density at radius 1 is 1.26 bits per heavy atom. The van der Waals surface area contributed by atoms with Crippen LogP contribution in [0.1, 0.15) is 53.0 Å². The second-order valence-corrected chi connectivity index (χ2v) is 11.0. The number of alkyl halides is 3. The van der Waals surface area contributed by atoms with Gasteiger partial charge in [0.15, 0.2) is 5.69 Å². The summed E-state index contributed by atoms with van der Waals surface area (Å²) in [7, 11) is 0. The number of hydrogen-bond donors (Lipinski definition) is 2. The Kier molecular flexibility index (Phi) is 7.67. The molecule has 2 heterocycles. The number of aromatic nitrogens is 2. The molecular formula is C27H26ClF4N5OS. The number of rotatable bonds is 8. The van der Waals surface area contributed by atoms with Crippen LogP contribution in [-0.4, -0.2) is 26.1 Å². The van der Waals surface area contributed by atoms with Gasteiger partial charge >= 0.3 is 6.18 Å². The molecule has 1 saturated carbocycles. The lowest BCUT2D eigenvalue weighted by molar-refractivity contribution is -0.141. The minimum atomic E-state index is -4.68. The van der Waals surface area contributed by atoms with Crippen LogP contribution in [0.15, 0.2) is 54.2 Å². The van der Waals surface area contributed by atoms with E-state index in [0.717, 1.165) is 12.8 Å². The van der Waals surface area contributed by atoms with Gasteiger partial charge in [0.1, 0.15) is 11.3 Å². The van der Waals surface area contributed by atoms with E-state index in [9.17, 15) is 22.4 Å². The largest absolute Gasteiger partial charge is 0.435 e. The molecule has 1 fully saturated rings. The topological polar surface area (TPSA) is 76.2 Å². The molecule has 0 saturated heterocycles. The molecule has 1 amide bonds. The van der Waals surface area contributed by atoms with Gasteiger partial charge < -0.3 is 16.0 Å². The van der Waals surface area contributed by atoms with E-state index in [1.54, 1.807) is 31.3 Å². The number of nitrogens with one attached hydrogen (secondary N) is 1. The monoisotopic (exact) mass is 579 g/mol. The molecular weight excluding hydrogens is 554 g/mol. The molecule has 0 radical (unpaired) electrons. The third kappa shape index (κ3) is 6.10. The van der Waals surface area contributed by atoms with Crippen molar-refractivity contribution in [3.63, 3.8) is 0 Å². The normalized spacial score (nSPS) is 18.0. The summed E-state index contributed by atoms with van der Waals surface area (Å²) in [6.07, 6.45) is 0.187. The van der Waals surface area contributed by atoms with E-state index < -0.39 is 29.6 Å². The molecule has 1 aliphatic carbocycles. The van der Waals surface area contributed by atoms with E-state index in [0.29, 0.717) is 11.1 Å². The SMILES string of the molecule is CCn1cc(-c2cc(CN3C=CSC3N)cc(C(=O)N[C@H](c3ccc(Cl)c(F)c3)C3CC3)c2)c(C(F)(F)F)n1. The van der Waals surface area contributed by atoms with Crippen molar-refractivity contribution in [2.45, 2.75) is 50.6 Å². The number of nitrogens with two attached hydrogens (primary N) is 1. The molecule has 1 aromatic heterocycles. The van der Waals surface area contributed by atoms with E-state index in [-0.39, 0.29) is 46.2 Å². The van der Waals surface area contributed by atoms with Crippen molar-refractivity contribution >= 4 is 29.3 Å². The number of carbonyl (C=O) groups is 1. The highest BCUT2D eigenvalue weighted by Gasteiger charge is 2.38. The Bertz CT molecular complexity index is 1420. The molecule has 1 unspecified atom stereocenters. The summed E-state index contributed by atoms with van der Waals surface area (Å²) >= 11 is 7.25. The average molecular weight is 580 g/mol. The fourth-order valence-corrected chi connectivity index (χ4v) is 5.42. The summed E-state index contributed by atoms with van der Waals surface area (Å²) in [4.78, 5) is 15.4. The fourth-order valence-electron chi connectivity index (χ4n) is 4.62. The number of aryl methyl sites for hydroxylation is 1. The fraction of sp³-hybridized carbons (Fsp3) is 0.333. The highest BCUT2D eigenvalue weighted by molar-refractivity contribution is 8.02. The molecule has 1 aliphatic heterocycles. The van der Waals surface area contributed by atoms with Crippen molar-refractivity contribution in [2.75, 3.05) is 0 Å². The Hall–Kier alpha value is -3.02. The summed E-state index contributed by atoms with van der Waals surface area (Å²) in [5.41, 5.74) is 6.22. The first kappa shape index (κ1) is 27.5. The molecule has 5 rings (SSSR count). The van der Waals surface area contributed by atoms with Gasteiger partial charge in [-0.3, -0.25) is 9.48 Å². The highest BCUT2D eigenvalue weighted by atomic mass is 35.5. The number of amides is 1. The van der Waals surface area contributed by atoms with Crippen molar-refractivity contribution in [1.82, 2.24) is 20.0 Å². The lowest BCUT2D eigenvalue weighted by Crippen LogP contribution is -2.32. The van der Waals surface area contributed by atoms with Crippen molar-refractivity contribution in [3.8, 4) is 11.1 Å². The summed E-state index contributed by atoms with van der Waals surface area (Å²) in [5.74, 6) is -0.933. The number of thioether (sulfide) groups is 1. The first-order valence-electron chi connectivity index (χ1n) is 12.4. The van der Waals surface area contributed by atoms with Gasteiger partial charge in [0.05, 0.1) is 11.1 Å². The summed E-state index contributed by atoms with van der Waals surface area (Å²) in [5, 5.41) is 8.53. The molecule has 0 bridgehead atoms. The third-order valence-electron chi connectivity index (χ3n) is 6.77. The molecule has 3 N–H and O–H groups in total. The van der Waals surface area contributed by atoms with E-state index >= 15 is 0 Å². The van der Waals surface area contributed by atoms with E-state index in [4.69, 9.17) is 17.3 Å². The quantitative estimate of drug-likeness (QED) is 0.297. The molecule has 2 aliphatic rings. The second-order valence-electron chi connectivity index (χ2n) is 9.61. The van der Waals surface area contributed by atoms with Gasteiger partial charge in [-0.2, -0.15) is 18.3 Å². The van der Waals surface area contributed by atoms with Crippen LogP contribution in [0.2, 0.25) is 5.02 Å². The first-order valence-corrected chi connectivity index (χ1v) is 13.7. The van der Waals surface area contributed by atoms with Gasteiger partial charge in [-0.1, -0.05) is 29.4 Å². The molecule has 39 heavy (non-hydrogen) atoms. The van der Waals surface area contributed by atoms with Crippen molar-refractivity contribution in [2.24, 2.45) is 11.7 Å². The molecule has 2 aromatic carbocycles. The molecule has 12 heteroatoms. The van der Waals surface area contributed by atoms with Gasteiger partial charge in [-0.05, 0) is 78.1 Å². The molecule has 2 atom stereocenters. The van der Waals surface area contributed by atoms with Gasteiger partial charge in [0, 0.05) is 36.6 Å². The van der Waals surface area contributed by atoms with Gasteiger partial charge in [0.2, 0.25) is 0 Å². The van der Waals surface area contributed by atoms with E-state index in [2.05, 4.69) is 10.4 Å². The summed E-state index contributed by atoms with van der Waals surface area (Å²) < 4.78 is 57.1. The summed E-state index contributed by atoms with van der Waals surface area (Å²) in [6, 6.07) is 8.67. The van der Waals surface area contributed by atoms with Crippen LogP contribution in [0.5, 0.6) is 0 Å². The zero-order chi connectivity index (χ0) is 27.9. The Morgan fingerprint density at radius 3 is 2.64 bits per heavy atom. The predicted molar refractivity (Wildman–Crippen MR) is 143 cm³/mol. The maximum absolute atomic E-state index is 14.2. The minimum absolute atomic E-state index is 0.0163. The first-order chi connectivity index (χ1) is 18.5. The van der Waals surface area contributed by atoms with Crippen LogP contribution >= 0.6 is 23.4 Å². The Morgan fingerprint density at radius 2 is 2.03 bits per heavy atom. The molecule has 6 nitrogen and oxygen atoms in total. The van der Waals surface area contributed by atoms with E-state index in [1.807, 2.05) is 10.3 Å². The number of benzene rings is 2.